The first kappa shape index (κ1) is 22.5. The molecular formula is C24H28F2N2O4. The van der Waals surface area contributed by atoms with Crippen LogP contribution in [0.15, 0.2) is 30.5 Å². The van der Waals surface area contributed by atoms with Crippen molar-refractivity contribution in [3.63, 3.8) is 0 Å². The molecule has 2 fully saturated rings. The molecule has 0 saturated heterocycles. The maximum atomic E-state index is 14.0. The first-order valence-corrected chi connectivity index (χ1v) is 11.1. The Balaban J connectivity index is 1.74. The van der Waals surface area contributed by atoms with E-state index in [9.17, 15) is 18.7 Å². The highest BCUT2D eigenvalue weighted by Gasteiger charge is 2.41. The van der Waals surface area contributed by atoms with Crippen LogP contribution in [0.4, 0.5) is 14.6 Å². The van der Waals surface area contributed by atoms with E-state index in [0.717, 1.165) is 25.7 Å². The number of halogens is 2. The Morgan fingerprint density at radius 1 is 1.28 bits per heavy atom. The van der Waals surface area contributed by atoms with Crippen molar-refractivity contribution in [3.8, 4) is 16.9 Å². The molecule has 0 aliphatic heterocycles. The zero-order chi connectivity index (χ0) is 22.7. The average molecular weight is 446 g/mol. The van der Waals surface area contributed by atoms with E-state index in [4.69, 9.17) is 9.47 Å². The fourth-order valence-corrected chi connectivity index (χ4v) is 4.27. The second-order valence-corrected chi connectivity index (χ2v) is 8.41. The lowest BCUT2D eigenvalue weighted by molar-refractivity contribution is -0.142. The Bertz CT molecular complexity index is 972. The molecule has 4 rings (SSSR count). The Labute approximate surface area is 186 Å². The number of carbonyl (C=O) groups is 1. The molecule has 2 saturated carbocycles. The molecule has 0 spiro atoms. The van der Waals surface area contributed by atoms with Gasteiger partial charge in [0.25, 0.3) is 6.43 Å². The first-order valence-electron chi connectivity index (χ1n) is 11.1. The minimum atomic E-state index is -2.73. The first-order chi connectivity index (χ1) is 15.4. The van der Waals surface area contributed by atoms with Crippen molar-refractivity contribution in [2.24, 2.45) is 0 Å². The summed E-state index contributed by atoms with van der Waals surface area (Å²) in [5, 5.41) is 12.9. The fourth-order valence-electron chi connectivity index (χ4n) is 4.27. The number of aliphatic carboxylic acids is 1. The molecule has 1 aromatic heterocycles. The summed E-state index contributed by atoms with van der Waals surface area (Å²) < 4.78 is 39.4. The smallest absolute Gasteiger partial charge is 0.329 e. The highest BCUT2D eigenvalue weighted by Crippen LogP contribution is 2.40. The van der Waals surface area contributed by atoms with Crippen molar-refractivity contribution in [3.05, 3.63) is 41.6 Å². The highest BCUT2D eigenvalue weighted by molar-refractivity contribution is 5.83. The number of benzene rings is 1. The van der Waals surface area contributed by atoms with Crippen LogP contribution in [0.5, 0.6) is 5.75 Å². The van der Waals surface area contributed by atoms with Gasteiger partial charge in [-0.1, -0.05) is 25.0 Å². The number of anilines is 1. The SMILES string of the molecule is CCOc1cccc(-c2cnc(NC3(C(=O)O)CCCC3)cc2COC2CC2)c1C(F)F. The summed E-state index contributed by atoms with van der Waals surface area (Å²) >= 11 is 0. The molecular weight excluding hydrogens is 418 g/mol. The van der Waals surface area contributed by atoms with Gasteiger partial charge >= 0.3 is 5.97 Å². The number of rotatable bonds is 10. The maximum Gasteiger partial charge on any atom is 0.329 e. The molecule has 0 amide bonds. The third kappa shape index (κ3) is 4.70. The van der Waals surface area contributed by atoms with Gasteiger partial charge < -0.3 is 19.9 Å². The van der Waals surface area contributed by atoms with Crippen molar-refractivity contribution < 1.29 is 28.2 Å². The van der Waals surface area contributed by atoms with Crippen LogP contribution in [0, 0.1) is 0 Å². The van der Waals surface area contributed by atoms with Crippen LogP contribution in [0.3, 0.4) is 0 Å². The Morgan fingerprint density at radius 2 is 2.03 bits per heavy atom. The molecule has 0 atom stereocenters. The molecule has 2 N–H and O–H groups in total. The minimum Gasteiger partial charge on any atom is -0.493 e. The molecule has 1 heterocycles. The molecule has 8 heteroatoms. The zero-order valence-corrected chi connectivity index (χ0v) is 18.1. The Hall–Kier alpha value is -2.74. The molecule has 6 nitrogen and oxygen atoms in total. The van der Waals surface area contributed by atoms with Crippen LogP contribution in [-0.2, 0) is 16.1 Å². The van der Waals surface area contributed by atoms with E-state index in [-0.39, 0.29) is 30.6 Å². The van der Waals surface area contributed by atoms with Crippen molar-refractivity contribution >= 4 is 11.8 Å². The number of carboxylic acids is 1. The number of hydrogen-bond donors (Lipinski definition) is 2. The van der Waals surface area contributed by atoms with Gasteiger partial charge in [-0.25, -0.2) is 18.6 Å². The number of ether oxygens (including phenoxy) is 2. The Morgan fingerprint density at radius 3 is 2.66 bits per heavy atom. The molecule has 1 aromatic carbocycles. The van der Waals surface area contributed by atoms with E-state index in [0.29, 0.717) is 35.3 Å². The molecule has 2 aliphatic rings. The van der Waals surface area contributed by atoms with Gasteiger partial charge in [-0.3, -0.25) is 0 Å². The molecule has 0 unspecified atom stereocenters. The van der Waals surface area contributed by atoms with Crippen LogP contribution < -0.4 is 10.1 Å². The average Bonchev–Trinajstić information content (AvgIpc) is 3.48. The van der Waals surface area contributed by atoms with Crippen molar-refractivity contribution in [2.45, 2.75) is 70.1 Å². The fraction of sp³-hybridized carbons (Fsp3) is 0.500. The summed E-state index contributed by atoms with van der Waals surface area (Å²) in [6, 6.07) is 6.57. The van der Waals surface area contributed by atoms with Crippen molar-refractivity contribution in [1.29, 1.82) is 0 Å². The van der Waals surface area contributed by atoms with Crippen LogP contribution >= 0.6 is 0 Å². The van der Waals surface area contributed by atoms with Gasteiger partial charge in [-0.2, -0.15) is 0 Å². The largest absolute Gasteiger partial charge is 0.493 e. The quantitative estimate of drug-likeness (QED) is 0.496. The summed E-state index contributed by atoms with van der Waals surface area (Å²) in [4.78, 5) is 16.3. The van der Waals surface area contributed by atoms with Gasteiger partial charge in [0.15, 0.2) is 0 Å². The summed E-state index contributed by atoms with van der Waals surface area (Å²) in [6.45, 7) is 2.26. The van der Waals surface area contributed by atoms with Gasteiger partial charge in [0.2, 0.25) is 0 Å². The third-order valence-electron chi connectivity index (χ3n) is 6.10. The second-order valence-electron chi connectivity index (χ2n) is 8.41. The highest BCUT2D eigenvalue weighted by atomic mass is 19.3. The number of nitrogens with zero attached hydrogens (tertiary/aromatic N) is 1. The van der Waals surface area contributed by atoms with Crippen LogP contribution in [0.25, 0.3) is 11.1 Å². The summed E-state index contributed by atoms with van der Waals surface area (Å²) in [5.74, 6) is -0.347. The normalized spacial score (nSPS) is 17.5. The number of carboxylic acid groups (broad SMARTS) is 1. The number of aromatic nitrogens is 1. The standard InChI is InChI=1S/C24H28F2N2O4/c1-2-31-19-7-5-6-17(21(19)22(25)26)18-13-27-20(12-15(18)14-32-16-8-9-16)28-24(23(29)30)10-3-4-11-24/h5-7,12-13,16,22H,2-4,8-11,14H2,1H3,(H,27,28)(H,29,30). The number of hydrogen-bond acceptors (Lipinski definition) is 5. The lowest BCUT2D eigenvalue weighted by atomic mass is 9.95. The molecule has 172 valence electrons. The predicted molar refractivity (Wildman–Crippen MR) is 116 cm³/mol. The van der Waals surface area contributed by atoms with E-state index in [1.807, 2.05) is 0 Å². The van der Waals surface area contributed by atoms with Gasteiger partial charge in [0.05, 0.1) is 24.9 Å². The topological polar surface area (TPSA) is 80.7 Å². The monoisotopic (exact) mass is 446 g/mol. The van der Waals surface area contributed by atoms with Crippen LogP contribution in [-0.4, -0.2) is 34.3 Å². The third-order valence-corrected chi connectivity index (χ3v) is 6.10. The minimum absolute atomic E-state index is 0.145. The molecule has 2 aromatic rings. The summed E-state index contributed by atoms with van der Waals surface area (Å²) in [7, 11) is 0. The van der Waals surface area contributed by atoms with Gasteiger partial charge in [0.1, 0.15) is 17.1 Å². The zero-order valence-electron chi connectivity index (χ0n) is 18.1. The maximum absolute atomic E-state index is 14.0. The van der Waals surface area contributed by atoms with E-state index in [1.165, 1.54) is 12.3 Å². The molecule has 32 heavy (non-hydrogen) atoms. The summed E-state index contributed by atoms with van der Waals surface area (Å²) in [5.41, 5.74) is 0.328. The number of alkyl halides is 2. The van der Waals surface area contributed by atoms with Crippen molar-refractivity contribution in [1.82, 2.24) is 4.98 Å². The Kier molecular flexibility index (Phi) is 6.60. The lowest BCUT2D eigenvalue weighted by Crippen LogP contribution is -2.43. The summed E-state index contributed by atoms with van der Waals surface area (Å²) in [6.07, 6.45) is 3.64. The van der Waals surface area contributed by atoms with E-state index in [2.05, 4.69) is 10.3 Å². The lowest BCUT2D eigenvalue weighted by Gasteiger charge is -2.26. The molecule has 0 bridgehead atoms. The van der Waals surface area contributed by atoms with E-state index < -0.39 is 17.9 Å². The van der Waals surface area contributed by atoms with Gasteiger partial charge in [-0.15, -0.1) is 0 Å². The molecule has 2 aliphatic carbocycles. The van der Waals surface area contributed by atoms with Crippen LogP contribution in [0.1, 0.15) is 63.0 Å². The number of pyridine rings is 1. The van der Waals surface area contributed by atoms with Crippen LogP contribution in [0.2, 0.25) is 0 Å². The second kappa shape index (κ2) is 9.40. The van der Waals surface area contributed by atoms with Gasteiger partial charge in [0, 0.05) is 11.8 Å². The van der Waals surface area contributed by atoms with E-state index >= 15 is 0 Å². The van der Waals surface area contributed by atoms with Crippen molar-refractivity contribution in [2.75, 3.05) is 11.9 Å². The van der Waals surface area contributed by atoms with Gasteiger partial charge in [-0.05, 0) is 55.9 Å². The number of nitrogens with one attached hydrogen (secondary N) is 1. The molecule has 0 radical (unpaired) electrons. The predicted octanol–water partition coefficient (Wildman–Crippen LogP) is 5.57. The van der Waals surface area contributed by atoms with E-state index in [1.54, 1.807) is 25.1 Å².